The van der Waals surface area contributed by atoms with E-state index in [4.69, 9.17) is 4.74 Å². The predicted molar refractivity (Wildman–Crippen MR) is 111 cm³/mol. The highest BCUT2D eigenvalue weighted by Crippen LogP contribution is 2.23. The van der Waals surface area contributed by atoms with Gasteiger partial charge in [0.25, 0.3) is 0 Å². The summed E-state index contributed by atoms with van der Waals surface area (Å²) in [6, 6.07) is 14.6. The molecule has 0 aliphatic rings. The summed E-state index contributed by atoms with van der Waals surface area (Å²) in [5.74, 6) is -0.363. The van der Waals surface area contributed by atoms with Gasteiger partial charge in [0.1, 0.15) is 0 Å². The fourth-order valence-corrected chi connectivity index (χ4v) is 3.24. The van der Waals surface area contributed by atoms with Gasteiger partial charge in [-0.1, -0.05) is 24.3 Å². The van der Waals surface area contributed by atoms with E-state index in [0.717, 1.165) is 22.6 Å². The van der Waals surface area contributed by atoms with Crippen LogP contribution in [0.15, 0.2) is 48.5 Å². The van der Waals surface area contributed by atoms with E-state index in [9.17, 15) is 9.18 Å². The van der Waals surface area contributed by atoms with Crippen molar-refractivity contribution >= 4 is 11.6 Å². The summed E-state index contributed by atoms with van der Waals surface area (Å²) >= 11 is 0. The number of aryl methyl sites for hydroxylation is 1. The number of likely N-dealkylation sites (N-methyl/N-ethyl adjacent to an activating group) is 1. The number of nitrogens with zero attached hydrogens (tertiary/aromatic N) is 3. The molecule has 0 unspecified atom stereocenters. The lowest BCUT2D eigenvalue weighted by molar-refractivity contribution is -0.117. The van der Waals surface area contributed by atoms with Crippen LogP contribution in [0.1, 0.15) is 17.0 Å². The molecule has 0 aliphatic heterocycles. The number of nitrogens with one attached hydrogen (secondary N) is 1. The summed E-state index contributed by atoms with van der Waals surface area (Å²) in [6.07, 6.45) is 0. The van der Waals surface area contributed by atoms with Crippen LogP contribution in [0.2, 0.25) is 0 Å². The molecule has 3 rings (SSSR count). The molecule has 2 aromatic carbocycles. The van der Waals surface area contributed by atoms with E-state index in [1.54, 1.807) is 12.1 Å². The van der Waals surface area contributed by atoms with E-state index in [-0.39, 0.29) is 18.2 Å². The van der Waals surface area contributed by atoms with Gasteiger partial charge in [0.15, 0.2) is 11.6 Å². The molecule has 1 heterocycles. The van der Waals surface area contributed by atoms with E-state index in [2.05, 4.69) is 10.4 Å². The number of amides is 1. The average molecular weight is 396 g/mol. The number of halogens is 1. The largest absolute Gasteiger partial charge is 0.494 e. The van der Waals surface area contributed by atoms with Crippen LogP contribution in [0, 0.1) is 19.7 Å². The van der Waals surface area contributed by atoms with E-state index in [1.807, 2.05) is 60.8 Å². The van der Waals surface area contributed by atoms with Gasteiger partial charge in [0.2, 0.25) is 5.91 Å². The Bertz CT molecular complexity index is 1000. The van der Waals surface area contributed by atoms with Gasteiger partial charge in [-0.25, -0.2) is 9.07 Å². The Morgan fingerprint density at radius 2 is 1.93 bits per heavy atom. The number of methoxy groups -OCH3 is 1. The number of rotatable bonds is 7. The third-order valence-corrected chi connectivity index (χ3v) is 4.64. The lowest BCUT2D eigenvalue weighted by Gasteiger charge is -2.17. The first-order valence-corrected chi connectivity index (χ1v) is 9.31. The highest BCUT2D eigenvalue weighted by molar-refractivity contribution is 5.93. The van der Waals surface area contributed by atoms with Crippen LogP contribution < -0.4 is 10.1 Å². The van der Waals surface area contributed by atoms with Crippen LogP contribution in [-0.4, -0.2) is 41.3 Å². The molecule has 0 saturated carbocycles. The first-order valence-electron chi connectivity index (χ1n) is 9.31. The second-order valence-corrected chi connectivity index (χ2v) is 6.98. The minimum absolute atomic E-state index is 0.153. The van der Waals surface area contributed by atoms with Gasteiger partial charge in [-0.05, 0) is 50.7 Å². The maximum atomic E-state index is 13.8. The summed E-state index contributed by atoms with van der Waals surface area (Å²) < 4.78 is 20.6. The van der Waals surface area contributed by atoms with Crippen LogP contribution in [0.5, 0.6) is 5.75 Å². The smallest absolute Gasteiger partial charge is 0.238 e. The van der Waals surface area contributed by atoms with Gasteiger partial charge in [-0.15, -0.1) is 0 Å². The molecule has 0 saturated heterocycles. The summed E-state index contributed by atoms with van der Waals surface area (Å²) in [5.41, 5.74) is 4.03. The molecular weight excluding hydrogens is 371 g/mol. The third-order valence-electron chi connectivity index (χ3n) is 4.64. The average Bonchev–Trinajstić information content (AvgIpc) is 2.97. The molecule has 1 aromatic heterocycles. The van der Waals surface area contributed by atoms with Crippen LogP contribution in [0.25, 0.3) is 5.69 Å². The zero-order valence-electron chi connectivity index (χ0n) is 17.1. The molecular formula is C22H25FN4O2. The number of ether oxygens (including phenoxy) is 1. The monoisotopic (exact) mass is 396 g/mol. The van der Waals surface area contributed by atoms with Crippen LogP contribution in [-0.2, 0) is 11.3 Å². The number of hydrogen-bond donors (Lipinski definition) is 1. The predicted octanol–water partition coefficient (Wildman–Crippen LogP) is 3.71. The molecule has 0 atom stereocenters. The minimum atomic E-state index is -0.414. The molecule has 152 valence electrons. The zero-order chi connectivity index (χ0) is 21.0. The Labute approximate surface area is 169 Å². The molecule has 0 spiro atoms. The number of carbonyl (C=O) groups is 1. The Balaban J connectivity index is 1.65. The van der Waals surface area contributed by atoms with E-state index < -0.39 is 5.82 Å². The van der Waals surface area contributed by atoms with Gasteiger partial charge in [-0.2, -0.15) is 5.10 Å². The summed E-state index contributed by atoms with van der Waals surface area (Å²) in [5, 5.41) is 7.50. The van der Waals surface area contributed by atoms with Gasteiger partial charge < -0.3 is 10.1 Å². The van der Waals surface area contributed by atoms with Crippen molar-refractivity contribution in [1.82, 2.24) is 14.7 Å². The van der Waals surface area contributed by atoms with Crippen molar-refractivity contribution in [1.29, 1.82) is 0 Å². The van der Waals surface area contributed by atoms with E-state index in [0.29, 0.717) is 12.2 Å². The molecule has 29 heavy (non-hydrogen) atoms. The number of hydrogen-bond acceptors (Lipinski definition) is 4. The number of aromatic nitrogens is 2. The van der Waals surface area contributed by atoms with Crippen molar-refractivity contribution in [3.63, 3.8) is 0 Å². The minimum Gasteiger partial charge on any atom is -0.494 e. The highest BCUT2D eigenvalue weighted by atomic mass is 19.1. The molecule has 1 N–H and O–H groups in total. The molecule has 0 aliphatic carbocycles. The fraction of sp³-hybridized carbons (Fsp3) is 0.273. The zero-order valence-corrected chi connectivity index (χ0v) is 17.1. The molecule has 0 fully saturated rings. The lowest BCUT2D eigenvalue weighted by atomic mass is 10.2. The number of carbonyl (C=O) groups excluding carboxylic acids is 1. The fourth-order valence-electron chi connectivity index (χ4n) is 3.24. The van der Waals surface area contributed by atoms with E-state index >= 15 is 0 Å². The third kappa shape index (κ3) is 4.81. The highest BCUT2D eigenvalue weighted by Gasteiger charge is 2.16. The maximum absolute atomic E-state index is 13.8. The topological polar surface area (TPSA) is 59.4 Å². The molecule has 0 bridgehead atoms. The number of anilines is 1. The first-order chi connectivity index (χ1) is 13.9. The van der Waals surface area contributed by atoms with E-state index in [1.165, 1.54) is 13.2 Å². The maximum Gasteiger partial charge on any atom is 0.238 e. The van der Waals surface area contributed by atoms with Gasteiger partial charge in [-0.3, -0.25) is 9.69 Å². The van der Waals surface area contributed by atoms with Gasteiger partial charge >= 0.3 is 0 Å². The van der Waals surface area contributed by atoms with Gasteiger partial charge in [0, 0.05) is 6.54 Å². The first kappa shape index (κ1) is 20.5. The SMILES string of the molecule is COc1ccc(CN(C)CC(=O)Nc2c(C)nn(-c3ccccc3)c2C)cc1F. The van der Waals surface area contributed by atoms with Crippen molar-refractivity contribution < 1.29 is 13.9 Å². The Morgan fingerprint density at radius 1 is 1.21 bits per heavy atom. The summed E-state index contributed by atoms with van der Waals surface area (Å²) in [7, 11) is 3.24. The molecule has 1 amide bonds. The normalized spacial score (nSPS) is 11.0. The molecule has 3 aromatic rings. The summed E-state index contributed by atoms with van der Waals surface area (Å²) in [4.78, 5) is 14.4. The van der Waals surface area contributed by atoms with Crippen molar-refractivity contribution in [2.24, 2.45) is 0 Å². The quantitative estimate of drug-likeness (QED) is 0.662. The number of benzene rings is 2. The second-order valence-electron chi connectivity index (χ2n) is 6.98. The number of para-hydroxylation sites is 1. The van der Waals surface area contributed by atoms with Crippen molar-refractivity contribution in [3.8, 4) is 11.4 Å². The summed E-state index contributed by atoms with van der Waals surface area (Å²) in [6.45, 7) is 4.40. The standard InChI is InChI=1S/C22H25FN4O2/c1-15-22(16(2)27(25-15)18-8-6-5-7-9-18)24-21(28)14-26(3)13-17-10-11-20(29-4)19(23)12-17/h5-12H,13-14H2,1-4H3,(H,24,28). The molecule has 7 heteroatoms. The van der Waals surface area contributed by atoms with Crippen molar-refractivity contribution in [3.05, 3.63) is 71.3 Å². The van der Waals surface area contributed by atoms with Crippen molar-refractivity contribution in [2.75, 3.05) is 26.0 Å². The van der Waals surface area contributed by atoms with Crippen LogP contribution in [0.4, 0.5) is 10.1 Å². The second kappa shape index (κ2) is 8.87. The van der Waals surface area contributed by atoms with Crippen LogP contribution >= 0.6 is 0 Å². The Kier molecular flexibility index (Phi) is 6.29. The molecule has 0 radical (unpaired) electrons. The van der Waals surface area contributed by atoms with Crippen LogP contribution in [0.3, 0.4) is 0 Å². The Hall–Kier alpha value is -3.19. The Morgan fingerprint density at radius 3 is 2.59 bits per heavy atom. The van der Waals surface area contributed by atoms with Crippen molar-refractivity contribution in [2.45, 2.75) is 20.4 Å². The van der Waals surface area contributed by atoms with Gasteiger partial charge in [0.05, 0.1) is 36.4 Å². The lowest BCUT2D eigenvalue weighted by Crippen LogP contribution is -2.30. The molecule has 6 nitrogen and oxygen atoms in total.